The quantitative estimate of drug-likeness (QED) is 0.403. The van der Waals surface area contributed by atoms with Gasteiger partial charge in [-0.1, -0.05) is 31.4 Å². The second-order valence-electron chi connectivity index (χ2n) is 10.4. The van der Waals surface area contributed by atoms with Gasteiger partial charge in [0.15, 0.2) is 0 Å². The lowest BCUT2D eigenvalue weighted by atomic mass is 9.68. The lowest BCUT2D eigenvalue weighted by molar-refractivity contribution is -0.142. The number of fused-ring (bicyclic) bond motifs is 2. The molecule has 1 aliphatic carbocycles. The Kier molecular flexibility index (Phi) is 7.61. The molecule has 1 saturated heterocycles. The fourth-order valence-corrected chi connectivity index (χ4v) is 5.94. The largest absolute Gasteiger partial charge is 0.480 e. The van der Waals surface area contributed by atoms with E-state index >= 15 is 0 Å². The highest BCUT2D eigenvalue weighted by Crippen LogP contribution is 2.44. The highest BCUT2D eigenvalue weighted by atomic mass is 16.4. The Morgan fingerprint density at radius 3 is 2.32 bits per heavy atom. The fourth-order valence-electron chi connectivity index (χ4n) is 5.94. The van der Waals surface area contributed by atoms with Crippen LogP contribution in [-0.4, -0.2) is 47.1 Å². The molecule has 1 fully saturated rings. The summed E-state index contributed by atoms with van der Waals surface area (Å²) in [5, 5.41) is 23.8. The maximum atomic E-state index is 13.3. The number of aryl methyl sites for hydroxylation is 2. The predicted octanol–water partition coefficient (Wildman–Crippen LogP) is 3.05. The second-order valence-corrected chi connectivity index (χ2v) is 10.4. The highest BCUT2D eigenvalue weighted by molar-refractivity contribution is 5.94. The normalized spacial score (nSPS) is 20.9. The summed E-state index contributed by atoms with van der Waals surface area (Å²) in [4.78, 5) is 27.3. The zero-order chi connectivity index (χ0) is 27.6. The molecular weight excluding hydrogens is 478 g/mol. The molecule has 2 aromatic rings. The predicted molar refractivity (Wildman–Crippen MR) is 147 cm³/mol. The number of hydrogen-bond donors (Lipinski definition) is 4. The third kappa shape index (κ3) is 4.90. The summed E-state index contributed by atoms with van der Waals surface area (Å²) in [5.74, 6) is -1.52. The SMILES string of the molecule is C=C(N)c1ccc2c(c1)CCc1cc(C(N)=O)ccc1C2(C[C@H](C)NCC(=C)N1CCCC1C#N)C(=O)O. The first kappa shape index (κ1) is 27.0. The molecule has 8 nitrogen and oxygen atoms in total. The Bertz CT molecular complexity index is 1280. The fraction of sp³-hybridized carbons (Fsp3) is 0.367. The molecule has 2 aliphatic rings. The molecule has 4 rings (SSSR count). The third-order valence-corrected chi connectivity index (χ3v) is 7.89. The number of carboxylic acid groups (broad SMARTS) is 1. The average molecular weight is 514 g/mol. The van der Waals surface area contributed by atoms with Gasteiger partial charge < -0.3 is 26.8 Å². The summed E-state index contributed by atoms with van der Waals surface area (Å²) in [6.07, 6.45) is 3.18. The zero-order valence-corrected chi connectivity index (χ0v) is 21.8. The van der Waals surface area contributed by atoms with E-state index in [-0.39, 0.29) is 18.5 Å². The number of aliphatic carboxylic acids is 1. The molecule has 198 valence electrons. The first-order chi connectivity index (χ1) is 18.1. The van der Waals surface area contributed by atoms with Crippen LogP contribution in [0.15, 0.2) is 55.3 Å². The Hall–Kier alpha value is -4.09. The standard InChI is InChI=1S/C30H35N5O3/c1-18(34-17-19(2)35-12-4-5-25(35)16-31)15-30(29(37)38)26-10-8-21(20(3)32)13-22(26)6-7-23-14-24(28(33)36)9-11-27(23)30/h8-11,13-14,18,25,34H,2-7,12,15,17,32H2,1H3,(H2,33,36)(H,37,38)/t18-,25?,30?/m0/s1. The maximum absolute atomic E-state index is 13.3. The number of primary amides is 1. The van der Waals surface area contributed by atoms with Gasteiger partial charge in [-0.15, -0.1) is 0 Å². The molecule has 1 heterocycles. The lowest BCUT2D eigenvalue weighted by Crippen LogP contribution is -2.45. The van der Waals surface area contributed by atoms with E-state index in [9.17, 15) is 20.0 Å². The molecule has 3 atom stereocenters. The van der Waals surface area contributed by atoms with E-state index in [0.29, 0.717) is 41.8 Å². The smallest absolute Gasteiger partial charge is 0.318 e. The van der Waals surface area contributed by atoms with E-state index in [1.807, 2.05) is 30.0 Å². The first-order valence-electron chi connectivity index (χ1n) is 12.9. The van der Waals surface area contributed by atoms with Crippen molar-refractivity contribution in [3.8, 4) is 6.07 Å². The molecule has 0 spiro atoms. The van der Waals surface area contributed by atoms with Crippen LogP contribution in [0.4, 0.5) is 0 Å². The molecule has 0 bridgehead atoms. The molecule has 0 radical (unpaired) electrons. The molecule has 6 N–H and O–H groups in total. The minimum absolute atomic E-state index is 0.170. The van der Waals surface area contributed by atoms with Crippen LogP contribution < -0.4 is 16.8 Å². The van der Waals surface area contributed by atoms with E-state index < -0.39 is 17.3 Å². The van der Waals surface area contributed by atoms with E-state index in [4.69, 9.17) is 11.5 Å². The lowest BCUT2D eigenvalue weighted by Gasteiger charge is -2.35. The van der Waals surface area contributed by atoms with Gasteiger partial charge >= 0.3 is 5.97 Å². The van der Waals surface area contributed by atoms with Gasteiger partial charge in [-0.25, -0.2) is 0 Å². The molecule has 2 aromatic carbocycles. The number of likely N-dealkylation sites (tertiary alicyclic amines) is 1. The van der Waals surface area contributed by atoms with Crippen molar-refractivity contribution in [2.75, 3.05) is 13.1 Å². The molecule has 1 amide bonds. The van der Waals surface area contributed by atoms with E-state index in [1.54, 1.807) is 18.2 Å². The molecule has 1 aliphatic heterocycles. The molecule has 38 heavy (non-hydrogen) atoms. The number of carboxylic acids is 1. The van der Waals surface area contributed by atoms with E-state index in [0.717, 1.165) is 41.8 Å². The van der Waals surface area contributed by atoms with Crippen molar-refractivity contribution < 1.29 is 14.7 Å². The Balaban J connectivity index is 1.74. The minimum Gasteiger partial charge on any atom is -0.480 e. The van der Waals surface area contributed by atoms with Gasteiger partial charge in [0.25, 0.3) is 0 Å². The number of nitrogens with zero attached hydrogens (tertiary/aromatic N) is 2. The van der Waals surface area contributed by atoms with E-state index in [2.05, 4.69) is 24.5 Å². The van der Waals surface area contributed by atoms with Crippen LogP contribution in [-0.2, 0) is 23.1 Å². The first-order valence-corrected chi connectivity index (χ1v) is 12.9. The van der Waals surface area contributed by atoms with Gasteiger partial charge in [-0.3, -0.25) is 9.59 Å². The maximum Gasteiger partial charge on any atom is 0.318 e. The average Bonchev–Trinajstić information content (AvgIpc) is 3.33. The topological polar surface area (TPSA) is 145 Å². The summed E-state index contributed by atoms with van der Waals surface area (Å²) in [6, 6.07) is 12.6. The molecular formula is C30H35N5O3. The van der Waals surface area contributed by atoms with Crippen molar-refractivity contribution in [2.24, 2.45) is 11.5 Å². The summed E-state index contributed by atoms with van der Waals surface area (Å²) in [6.45, 7) is 11.2. The van der Waals surface area contributed by atoms with Crippen LogP contribution in [0.5, 0.6) is 0 Å². The van der Waals surface area contributed by atoms with Crippen LogP contribution in [0.1, 0.15) is 64.4 Å². The number of amides is 1. The summed E-state index contributed by atoms with van der Waals surface area (Å²) in [5.41, 5.74) is 15.5. The summed E-state index contributed by atoms with van der Waals surface area (Å²) in [7, 11) is 0. The third-order valence-electron chi connectivity index (χ3n) is 7.89. The van der Waals surface area contributed by atoms with Crippen molar-refractivity contribution in [2.45, 2.75) is 56.5 Å². The van der Waals surface area contributed by atoms with Gasteiger partial charge in [0.2, 0.25) is 5.91 Å². The van der Waals surface area contributed by atoms with Gasteiger partial charge in [-0.05, 0) is 85.0 Å². The molecule has 2 unspecified atom stereocenters. The monoisotopic (exact) mass is 513 g/mol. The molecule has 0 aromatic heterocycles. The minimum atomic E-state index is -1.37. The Morgan fingerprint density at radius 2 is 1.76 bits per heavy atom. The number of carbonyl (C=O) groups excluding carboxylic acids is 1. The Morgan fingerprint density at radius 1 is 1.16 bits per heavy atom. The van der Waals surface area contributed by atoms with Crippen molar-refractivity contribution in [1.29, 1.82) is 5.26 Å². The highest BCUT2D eigenvalue weighted by Gasteiger charge is 2.47. The van der Waals surface area contributed by atoms with Gasteiger partial charge in [0.05, 0.1) is 6.07 Å². The van der Waals surface area contributed by atoms with Crippen LogP contribution in [0.3, 0.4) is 0 Å². The molecule has 8 heteroatoms. The van der Waals surface area contributed by atoms with Gasteiger partial charge in [-0.2, -0.15) is 5.26 Å². The van der Waals surface area contributed by atoms with Crippen LogP contribution in [0.25, 0.3) is 5.70 Å². The zero-order valence-electron chi connectivity index (χ0n) is 21.8. The van der Waals surface area contributed by atoms with Crippen molar-refractivity contribution in [1.82, 2.24) is 10.2 Å². The number of rotatable bonds is 9. The molecule has 0 saturated carbocycles. The van der Waals surface area contributed by atoms with Gasteiger partial charge in [0.1, 0.15) is 11.5 Å². The van der Waals surface area contributed by atoms with Crippen molar-refractivity contribution >= 4 is 17.6 Å². The van der Waals surface area contributed by atoms with Crippen LogP contribution >= 0.6 is 0 Å². The number of benzene rings is 2. The van der Waals surface area contributed by atoms with Gasteiger partial charge in [0, 0.05) is 36.1 Å². The van der Waals surface area contributed by atoms with Crippen molar-refractivity contribution in [3.63, 3.8) is 0 Å². The number of nitrogens with one attached hydrogen (secondary N) is 1. The Labute approximate surface area is 223 Å². The number of nitrogens with two attached hydrogens (primary N) is 2. The van der Waals surface area contributed by atoms with Crippen LogP contribution in [0.2, 0.25) is 0 Å². The number of hydrogen-bond acceptors (Lipinski definition) is 6. The van der Waals surface area contributed by atoms with Crippen LogP contribution in [0, 0.1) is 11.3 Å². The number of carbonyl (C=O) groups is 2. The summed E-state index contributed by atoms with van der Waals surface area (Å²) < 4.78 is 0. The number of nitriles is 1. The second kappa shape index (κ2) is 10.7. The van der Waals surface area contributed by atoms with E-state index in [1.165, 1.54) is 0 Å². The van der Waals surface area contributed by atoms with Crippen molar-refractivity contribution in [3.05, 3.63) is 88.6 Å². The summed E-state index contributed by atoms with van der Waals surface area (Å²) >= 11 is 0.